The average molecular weight is 154 g/mol. The summed E-state index contributed by atoms with van der Waals surface area (Å²) in [5.41, 5.74) is 4.33. The summed E-state index contributed by atoms with van der Waals surface area (Å²) in [5.74, 6) is 0. The first-order valence-electron chi connectivity index (χ1n) is 1.61. The van der Waals surface area contributed by atoms with E-state index in [2.05, 4.69) is 15.6 Å². The predicted octanol–water partition coefficient (Wildman–Crippen LogP) is -0.311. The second-order valence-electron chi connectivity index (χ2n) is 1.01. The van der Waals surface area contributed by atoms with E-state index in [1.54, 1.807) is 0 Å². The molecule has 0 bridgehead atoms. The van der Waals surface area contributed by atoms with Crippen molar-refractivity contribution in [3.63, 3.8) is 0 Å². The lowest BCUT2D eigenvalue weighted by Crippen LogP contribution is -1.89. The third-order valence-corrected chi connectivity index (χ3v) is 0.577. The number of hydrogen-bond donors (Lipinski definition) is 2. The minimum atomic E-state index is -4.20. The lowest BCUT2D eigenvalue weighted by atomic mass is 12.6. The van der Waals surface area contributed by atoms with Crippen LogP contribution in [0.4, 0.5) is 0 Å². The smallest absolute Gasteiger partial charge is 0.337 e. The van der Waals surface area contributed by atoms with E-state index in [1.807, 2.05) is 0 Å². The molecule has 0 aliphatic rings. The van der Waals surface area contributed by atoms with Crippen molar-refractivity contribution in [3.05, 3.63) is 10.1 Å². The van der Waals surface area contributed by atoms with Crippen LogP contribution in [0.1, 0.15) is 0 Å². The van der Waals surface area contributed by atoms with Crippen LogP contribution in [-0.4, -0.2) is 9.93 Å². The lowest BCUT2D eigenvalue weighted by Gasteiger charge is -1.81. The summed E-state index contributed by atoms with van der Waals surface area (Å²) in [6.45, 7) is 0. The van der Waals surface area contributed by atoms with Crippen LogP contribution in [0.3, 0.4) is 0 Å². The highest BCUT2D eigenvalue weighted by Gasteiger charge is 2.16. The fourth-order valence-electron chi connectivity index (χ4n) is 0.0900. The Labute approximate surface area is 49.1 Å². The van der Waals surface area contributed by atoms with Crippen LogP contribution in [0.25, 0.3) is 0 Å². The van der Waals surface area contributed by atoms with Gasteiger partial charge in [-0.1, -0.05) is 0 Å². The second kappa shape index (κ2) is 2.62. The van der Waals surface area contributed by atoms with Crippen LogP contribution in [0.15, 0.2) is 10.1 Å². The van der Waals surface area contributed by atoms with E-state index >= 15 is 0 Å². The van der Waals surface area contributed by atoms with E-state index in [-0.39, 0.29) is 0 Å². The highest BCUT2D eigenvalue weighted by Crippen LogP contribution is 2.31. The van der Waals surface area contributed by atoms with Gasteiger partial charge >= 0.3 is 7.67 Å². The topological polar surface area (TPSA) is 131 Å². The van der Waals surface area contributed by atoms with Gasteiger partial charge in [-0.2, -0.15) is 0 Å². The molecule has 3 N–H and O–H groups in total. The molecule has 1 unspecified atom stereocenters. The van der Waals surface area contributed by atoms with Crippen molar-refractivity contribution in [2.24, 2.45) is 15.6 Å². The number of nitrogens with zero attached hydrogens (tertiary/aromatic N) is 3. The Morgan fingerprint density at radius 2 is 2.22 bits per heavy atom. The minimum absolute atomic E-state index is 1.23. The SMILES string of the molecule is NP(=O)(O)N=N[N+](=O)[O-]. The third kappa shape index (κ3) is 7.15. The Morgan fingerprint density at radius 1 is 1.78 bits per heavy atom. The first-order chi connectivity index (χ1) is 3.92. The van der Waals surface area contributed by atoms with Crippen LogP contribution in [0.2, 0.25) is 0 Å². The zero-order valence-electron chi connectivity index (χ0n) is 4.04. The molecular weight excluding hydrogens is 151 g/mol. The first kappa shape index (κ1) is 8.15. The highest BCUT2D eigenvalue weighted by atomic mass is 31.2. The number of nitrogens with two attached hydrogens (primary N) is 1. The van der Waals surface area contributed by atoms with Gasteiger partial charge in [0.15, 0.2) is 5.22 Å². The Hall–Kier alpha value is -0.850. The maximum absolute atomic E-state index is 9.89. The van der Waals surface area contributed by atoms with Gasteiger partial charge in [-0.25, -0.2) is 10.1 Å². The van der Waals surface area contributed by atoms with Gasteiger partial charge in [0.2, 0.25) is 0 Å². The zero-order valence-corrected chi connectivity index (χ0v) is 4.93. The molecule has 0 rings (SSSR count). The number of hydrogen-bond acceptors (Lipinski definition) is 3. The van der Waals surface area contributed by atoms with Crippen molar-refractivity contribution in [1.82, 2.24) is 0 Å². The van der Waals surface area contributed by atoms with Crippen LogP contribution in [0.5, 0.6) is 0 Å². The average Bonchev–Trinajstić information content (AvgIpc) is 1.59. The van der Waals surface area contributed by atoms with Gasteiger partial charge in [-0.3, -0.25) is 4.89 Å². The summed E-state index contributed by atoms with van der Waals surface area (Å²) in [4.78, 5) is 19.6. The summed E-state index contributed by atoms with van der Waals surface area (Å²) >= 11 is 0. The standard InChI is InChI=1S/H3N4O4P/c1-9(7,8)3-2-4(5)6/h(H3,1,7,8). The molecule has 0 aliphatic heterocycles. The van der Waals surface area contributed by atoms with E-state index < -0.39 is 12.7 Å². The van der Waals surface area contributed by atoms with Gasteiger partial charge in [0.25, 0.3) is 0 Å². The molecule has 8 nitrogen and oxygen atoms in total. The van der Waals surface area contributed by atoms with Crippen molar-refractivity contribution in [2.75, 3.05) is 0 Å². The van der Waals surface area contributed by atoms with E-state index in [1.165, 1.54) is 0 Å². The van der Waals surface area contributed by atoms with Crippen molar-refractivity contribution >= 4 is 7.67 Å². The van der Waals surface area contributed by atoms with Gasteiger partial charge in [0.1, 0.15) is 4.88 Å². The summed E-state index contributed by atoms with van der Waals surface area (Å²) in [7, 11) is -4.20. The van der Waals surface area contributed by atoms with Gasteiger partial charge < -0.3 is 10.1 Å². The van der Waals surface area contributed by atoms with Crippen molar-refractivity contribution in [2.45, 2.75) is 0 Å². The molecule has 9 heteroatoms. The lowest BCUT2D eigenvalue weighted by molar-refractivity contribution is -0.493. The minimum Gasteiger partial charge on any atom is -0.337 e. The van der Waals surface area contributed by atoms with Gasteiger partial charge in [0, 0.05) is 0 Å². The highest BCUT2D eigenvalue weighted by molar-refractivity contribution is 7.53. The molecule has 0 aromatic heterocycles. The Balaban J connectivity index is 4.02. The maximum Gasteiger partial charge on any atom is 0.513 e. The molecule has 0 aromatic rings. The summed E-state index contributed by atoms with van der Waals surface area (Å²) in [6, 6.07) is 0. The monoisotopic (exact) mass is 154 g/mol. The van der Waals surface area contributed by atoms with Crippen LogP contribution in [-0.2, 0) is 4.57 Å². The Kier molecular flexibility index (Phi) is 2.38. The molecule has 52 valence electrons. The second-order valence-corrected chi connectivity index (χ2v) is 2.36. The van der Waals surface area contributed by atoms with Crippen molar-refractivity contribution < 1.29 is 14.5 Å². The molecule has 1 atom stereocenters. The molecular formula is H3N4O4P. The molecule has 0 saturated carbocycles. The fourth-order valence-corrected chi connectivity index (χ4v) is 0.270. The van der Waals surface area contributed by atoms with Crippen LogP contribution < -0.4 is 5.50 Å². The van der Waals surface area contributed by atoms with E-state index in [0.717, 1.165) is 0 Å². The fraction of sp³-hybridized carbons (Fsp3) is 0. The van der Waals surface area contributed by atoms with Crippen molar-refractivity contribution in [1.29, 1.82) is 0 Å². The molecule has 0 aromatic carbocycles. The largest absolute Gasteiger partial charge is 0.513 e. The van der Waals surface area contributed by atoms with E-state index in [9.17, 15) is 14.7 Å². The summed E-state index contributed by atoms with van der Waals surface area (Å²) < 4.78 is 9.89. The van der Waals surface area contributed by atoms with E-state index in [0.29, 0.717) is 0 Å². The number of nitro groups is 1. The molecule has 0 heterocycles. The summed E-state index contributed by atoms with van der Waals surface area (Å²) in [5, 5.41) is 10.2. The quantitative estimate of drug-likeness (QED) is 0.243. The van der Waals surface area contributed by atoms with Gasteiger partial charge in [0.05, 0.1) is 5.03 Å². The molecule has 0 spiro atoms. The Morgan fingerprint density at radius 3 is 2.33 bits per heavy atom. The zero-order chi connectivity index (χ0) is 7.49. The Bertz CT molecular complexity index is 177. The van der Waals surface area contributed by atoms with Gasteiger partial charge in [-0.15, -0.1) is 0 Å². The number of rotatable bonds is 2. The summed E-state index contributed by atoms with van der Waals surface area (Å²) in [6.07, 6.45) is 0. The molecule has 0 aliphatic carbocycles. The van der Waals surface area contributed by atoms with Gasteiger partial charge in [-0.05, 0) is 0 Å². The predicted molar refractivity (Wildman–Crippen MR) is 25.9 cm³/mol. The first-order valence-corrected chi connectivity index (χ1v) is 3.29. The van der Waals surface area contributed by atoms with Crippen molar-refractivity contribution in [3.8, 4) is 0 Å². The van der Waals surface area contributed by atoms with Crippen LogP contribution >= 0.6 is 7.67 Å². The molecule has 0 saturated heterocycles. The molecule has 0 fully saturated rings. The normalized spacial score (nSPS) is 17.6. The van der Waals surface area contributed by atoms with E-state index in [4.69, 9.17) is 4.89 Å². The molecule has 0 amide bonds. The molecule has 9 heavy (non-hydrogen) atoms. The molecule has 0 radical (unpaired) electrons. The van der Waals surface area contributed by atoms with Crippen LogP contribution in [0, 0.1) is 10.1 Å². The maximum atomic E-state index is 9.89. The third-order valence-electron chi connectivity index (χ3n) is 0.241.